The fraction of sp³-hybridized carbons (Fsp3) is 0.591. The largest absolute Gasteiger partial charge is 0.369 e. The van der Waals surface area contributed by atoms with Gasteiger partial charge in [-0.05, 0) is 37.9 Å². The van der Waals surface area contributed by atoms with Crippen molar-refractivity contribution in [3.05, 3.63) is 46.6 Å². The normalized spacial score (nSPS) is 17.4. The van der Waals surface area contributed by atoms with Gasteiger partial charge in [0.2, 0.25) is 5.91 Å². The molecule has 2 aliphatic rings. The Hall–Kier alpha value is -2.61. The maximum atomic E-state index is 12.4. The summed E-state index contributed by atoms with van der Waals surface area (Å²) in [5, 5.41) is 7.32. The summed E-state index contributed by atoms with van der Waals surface area (Å²) in [5.74, 6) is 0.680. The summed E-state index contributed by atoms with van der Waals surface area (Å²) in [6.45, 7) is 6.47. The van der Waals surface area contributed by atoms with E-state index in [-0.39, 0.29) is 18.1 Å². The van der Waals surface area contributed by atoms with E-state index in [9.17, 15) is 9.59 Å². The zero-order valence-electron chi connectivity index (χ0n) is 17.6. The molecule has 1 aromatic heterocycles. The van der Waals surface area contributed by atoms with Gasteiger partial charge in [-0.15, -0.1) is 0 Å². The smallest absolute Gasteiger partial charge is 0.346 e. The van der Waals surface area contributed by atoms with Gasteiger partial charge in [0.25, 0.3) is 0 Å². The van der Waals surface area contributed by atoms with Gasteiger partial charge >= 0.3 is 5.69 Å². The molecule has 30 heavy (non-hydrogen) atoms. The van der Waals surface area contributed by atoms with Crippen LogP contribution in [0, 0.1) is 0 Å². The fourth-order valence-electron chi connectivity index (χ4n) is 4.32. The van der Waals surface area contributed by atoms with Crippen LogP contribution >= 0.6 is 0 Å². The number of rotatable bonds is 7. The molecule has 2 aromatic rings. The number of nitrogens with one attached hydrogen (secondary N) is 1. The summed E-state index contributed by atoms with van der Waals surface area (Å²) in [4.78, 5) is 29.6. The maximum Gasteiger partial charge on any atom is 0.346 e. The predicted molar refractivity (Wildman–Crippen MR) is 117 cm³/mol. The number of carbonyl (C=O) groups excluding carboxylic acids is 1. The quantitative estimate of drug-likeness (QED) is 0.690. The van der Waals surface area contributed by atoms with Crippen LogP contribution in [0.4, 0.5) is 5.69 Å². The van der Waals surface area contributed by atoms with Crippen molar-refractivity contribution in [1.29, 1.82) is 0 Å². The molecular weight excluding hydrogens is 380 g/mol. The number of hydrogen-bond donors (Lipinski definition) is 1. The number of nitrogens with zero attached hydrogens (tertiary/aromatic N) is 5. The highest BCUT2D eigenvalue weighted by molar-refractivity contribution is 5.75. The summed E-state index contributed by atoms with van der Waals surface area (Å²) in [5.41, 5.74) is 1.13. The Morgan fingerprint density at radius 3 is 2.60 bits per heavy atom. The first-order valence-electron chi connectivity index (χ1n) is 11.2. The van der Waals surface area contributed by atoms with E-state index in [1.165, 1.54) is 10.4 Å². The topological polar surface area (TPSA) is 75.4 Å². The molecule has 8 heteroatoms. The number of benzene rings is 1. The van der Waals surface area contributed by atoms with Gasteiger partial charge in [0.15, 0.2) is 0 Å². The van der Waals surface area contributed by atoms with E-state index in [4.69, 9.17) is 0 Å². The van der Waals surface area contributed by atoms with Crippen LogP contribution in [0.25, 0.3) is 0 Å². The Kier molecular flexibility index (Phi) is 6.84. The van der Waals surface area contributed by atoms with Crippen molar-refractivity contribution in [2.75, 3.05) is 44.2 Å². The third-order valence-corrected chi connectivity index (χ3v) is 6.04. The molecule has 0 unspecified atom stereocenters. The number of hydrogen-bond acceptors (Lipinski definition) is 5. The third-order valence-electron chi connectivity index (χ3n) is 6.04. The van der Waals surface area contributed by atoms with Gasteiger partial charge in [-0.2, -0.15) is 5.10 Å². The molecule has 0 radical (unpaired) electrons. The Morgan fingerprint density at radius 2 is 1.80 bits per heavy atom. The zero-order chi connectivity index (χ0) is 20.8. The monoisotopic (exact) mass is 412 g/mol. The van der Waals surface area contributed by atoms with E-state index in [0.29, 0.717) is 13.1 Å². The van der Waals surface area contributed by atoms with E-state index in [1.54, 1.807) is 4.57 Å². The lowest BCUT2D eigenvalue weighted by Crippen LogP contribution is -2.47. The minimum atomic E-state index is -0.154. The molecule has 0 atom stereocenters. The summed E-state index contributed by atoms with van der Waals surface area (Å²) in [6, 6.07) is 10.5. The molecule has 1 N–H and O–H groups in total. The van der Waals surface area contributed by atoms with Gasteiger partial charge in [0.1, 0.15) is 12.4 Å². The lowest BCUT2D eigenvalue weighted by Gasteiger charge is -2.36. The highest BCUT2D eigenvalue weighted by Crippen LogP contribution is 2.15. The van der Waals surface area contributed by atoms with Crippen molar-refractivity contribution in [3.8, 4) is 0 Å². The van der Waals surface area contributed by atoms with Gasteiger partial charge in [0, 0.05) is 51.4 Å². The van der Waals surface area contributed by atoms with E-state index in [1.807, 2.05) is 6.07 Å². The van der Waals surface area contributed by atoms with E-state index >= 15 is 0 Å². The van der Waals surface area contributed by atoms with Gasteiger partial charge < -0.3 is 10.2 Å². The molecule has 162 valence electrons. The van der Waals surface area contributed by atoms with Crippen molar-refractivity contribution < 1.29 is 4.79 Å². The first-order valence-corrected chi connectivity index (χ1v) is 11.2. The lowest BCUT2D eigenvalue weighted by atomic mass is 10.2. The predicted octanol–water partition coefficient (Wildman–Crippen LogP) is 1.10. The van der Waals surface area contributed by atoms with Crippen molar-refractivity contribution >= 4 is 11.6 Å². The standard InChI is InChI=1S/C22H32N6O2/c29-21(18-28-22(30)27-13-6-2-5-10-20(27)24-28)23-11-7-12-25-14-16-26(17-15-25)19-8-3-1-4-9-19/h1,3-4,8-9H,2,5-7,10-18H2,(H,23,29). The first-order chi connectivity index (χ1) is 14.7. The highest BCUT2D eigenvalue weighted by atomic mass is 16.2. The molecule has 0 spiro atoms. The molecular formula is C22H32N6O2. The van der Waals surface area contributed by atoms with E-state index in [0.717, 1.165) is 70.7 Å². The van der Waals surface area contributed by atoms with Crippen LogP contribution < -0.4 is 15.9 Å². The zero-order valence-corrected chi connectivity index (χ0v) is 17.6. The molecule has 0 bridgehead atoms. The number of amides is 1. The maximum absolute atomic E-state index is 12.4. The molecule has 4 rings (SSSR count). The summed E-state index contributed by atoms with van der Waals surface area (Å²) < 4.78 is 3.05. The highest BCUT2D eigenvalue weighted by Gasteiger charge is 2.18. The van der Waals surface area contributed by atoms with Gasteiger partial charge in [-0.25, -0.2) is 9.48 Å². The number of aryl methyl sites for hydroxylation is 1. The molecule has 0 saturated carbocycles. The summed E-state index contributed by atoms with van der Waals surface area (Å²) in [6.07, 6.45) is 4.92. The summed E-state index contributed by atoms with van der Waals surface area (Å²) >= 11 is 0. The molecule has 3 heterocycles. The van der Waals surface area contributed by atoms with Gasteiger partial charge in [0.05, 0.1) is 0 Å². The number of carbonyl (C=O) groups is 1. The molecule has 1 fully saturated rings. The number of anilines is 1. The molecule has 1 aromatic carbocycles. The van der Waals surface area contributed by atoms with Crippen LogP contribution in [-0.2, 0) is 24.3 Å². The fourth-order valence-corrected chi connectivity index (χ4v) is 4.32. The van der Waals surface area contributed by atoms with Crippen LogP contribution in [0.15, 0.2) is 35.1 Å². The Balaban J connectivity index is 1.15. The van der Waals surface area contributed by atoms with E-state index in [2.05, 4.69) is 44.5 Å². The van der Waals surface area contributed by atoms with Gasteiger partial charge in [-0.3, -0.25) is 14.3 Å². The molecule has 8 nitrogen and oxygen atoms in total. The number of para-hydroxylation sites is 1. The van der Waals surface area contributed by atoms with Crippen molar-refractivity contribution in [2.45, 2.75) is 45.2 Å². The van der Waals surface area contributed by atoms with Crippen molar-refractivity contribution in [1.82, 2.24) is 24.6 Å². The Morgan fingerprint density at radius 1 is 1.00 bits per heavy atom. The van der Waals surface area contributed by atoms with Crippen LogP contribution in [0.2, 0.25) is 0 Å². The van der Waals surface area contributed by atoms with E-state index < -0.39 is 0 Å². The minimum absolute atomic E-state index is 0.00852. The van der Waals surface area contributed by atoms with Crippen molar-refractivity contribution in [3.63, 3.8) is 0 Å². The van der Waals surface area contributed by atoms with Crippen LogP contribution in [0.3, 0.4) is 0 Å². The van der Waals surface area contributed by atoms with Gasteiger partial charge in [-0.1, -0.05) is 24.6 Å². The molecule has 2 aliphatic heterocycles. The lowest BCUT2D eigenvalue weighted by molar-refractivity contribution is -0.121. The first kappa shape index (κ1) is 20.7. The second-order valence-electron chi connectivity index (χ2n) is 8.19. The minimum Gasteiger partial charge on any atom is -0.369 e. The van der Waals surface area contributed by atoms with Crippen molar-refractivity contribution in [2.24, 2.45) is 0 Å². The number of piperazine rings is 1. The van der Waals surface area contributed by atoms with Crippen LogP contribution in [0.5, 0.6) is 0 Å². The second-order valence-corrected chi connectivity index (χ2v) is 8.19. The SMILES string of the molecule is O=C(Cn1nc2n(c1=O)CCCCC2)NCCCN1CCN(c2ccccc2)CC1. The summed E-state index contributed by atoms with van der Waals surface area (Å²) in [7, 11) is 0. The average Bonchev–Trinajstić information content (AvgIpc) is 2.94. The number of fused-ring (bicyclic) bond motifs is 1. The van der Waals surface area contributed by atoms with Crippen LogP contribution in [-0.4, -0.2) is 64.4 Å². The Labute approximate surface area is 177 Å². The Bertz CT molecular complexity index is 883. The molecule has 1 saturated heterocycles. The van der Waals surface area contributed by atoms with Crippen LogP contribution in [0.1, 0.15) is 31.5 Å². The third kappa shape index (κ3) is 5.11. The molecule has 1 amide bonds. The molecule has 0 aliphatic carbocycles. The second kappa shape index (κ2) is 9.93. The average molecular weight is 413 g/mol. The number of aromatic nitrogens is 3.